The van der Waals surface area contributed by atoms with Crippen LogP contribution in [0.2, 0.25) is 5.02 Å². The van der Waals surface area contributed by atoms with E-state index in [1.807, 2.05) is 30.3 Å². The molecule has 0 saturated heterocycles. The summed E-state index contributed by atoms with van der Waals surface area (Å²) >= 11 is 6.47. The molecule has 0 aliphatic carbocycles. The van der Waals surface area contributed by atoms with E-state index in [0.29, 0.717) is 27.6 Å². The summed E-state index contributed by atoms with van der Waals surface area (Å²) in [5, 5.41) is 2.59. The molecule has 0 bridgehead atoms. The first-order valence-corrected chi connectivity index (χ1v) is 8.62. The van der Waals surface area contributed by atoms with Crippen molar-refractivity contribution in [3.63, 3.8) is 0 Å². The van der Waals surface area contributed by atoms with Crippen molar-refractivity contribution in [3.8, 4) is 11.5 Å². The Morgan fingerprint density at radius 1 is 1.00 bits per heavy atom. The summed E-state index contributed by atoms with van der Waals surface area (Å²) in [6, 6.07) is 15.4. The van der Waals surface area contributed by atoms with Crippen molar-refractivity contribution in [2.24, 2.45) is 0 Å². The largest absolute Gasteiger partial charge is 0.455 e. The zero-order valence-electron chi connectivity index (χ0n) is 14.2. The first-order chi connectivity index (χ1) is 12.9. The van der Waals surface area contributed by atoms with E-state index in [1.165, 1.54) is 0 Å². The number of pyridine rings is 1. The van der Waals surface area contributed by atoms with Crippen molar-refractivity contribution in [1.82, 2.24) is 4.98 Å². The van der Waals surface area contributed by atoms with Crippen LogP contribution in [0.3, 0.4) is 0 Å². The van der Waals surface area contributed by atoms with E-state index in [2.05, 4.69) is 4.98 Å². The van der Waals surface area contributed by atoms with Gasteiger partial charge in [-0.3, -0.25) is 4.79 Å². The fourth-order valence-corrected chi connectivity index (χ4v) is 3.32. The minimum Gasteiger partial charge on any atom is -0.455 e. The molecule has 1 N–H and O–H groups in total. The van der Waals surface area contributed by atoms with E-state index in [0.717, 1.165) is 16.8 Å². The maximum Gasteiger partial charge on any atom is 0.278 e. The number of rotatable bonds is 3. The van der Waals surface area contributed by atoms with Crippen molar-refractivity contribution >= 4 is 33.3 Å². The molecule has 1 heterocycles. The van der Waals surface area contributed by atoms with Gasteiger partial charge in [0.1, 0.15) is 11.5 Å². The van der Waals surface area contributed by atoms with Crippen molar-refractivity contribution in [1.29, 1.82) is 0 Å². The molecule has 0 radical (unpaired) electrons. The summed E-state index contributed by atoms with van der Waals surface area (Å²) in [5.41, 5.74) is 0.132. The van der Waals surface area contributed by atoms with Gasteiger partial charge in [0.15, 0.2) is 5.43 Å². The lowest BCUT2D eigenvalue weighted by Crippen LogP contribution is -2.06. The number of hydrogen-bond donors (Lipinski definition) is 1. The molecule has 4 rings (SSSR count). The van der Waals surface area contributed by atoms with Crippen LogP contribution in [0, 0.1) is 6.92 Å². The monoisotopic (exact) mass is 385 g/mol. The van der Waals surface area contributed by atoms with E-state index >= 15 is 0 Å². The molecular formula is C21H14ClF2NO2. The highest BCUT2D eigenvalue weighted by atomic mass is 35.5. The predicted molar refractivity (Wildman–Crippen MR) is 103 cm³/mol. The maximum absolute atomic E-state index is 12.9. The Balaban J connectivity index is 1.82. The third kappa shape index (κ3) is 3.15. The Morgan fingerprint density at radius 2 is 1.78 bits per heavy atom. The first kappa shape index (κ1) is 17.5. The number of benzene rings is 3. The number of hydrogen-bond acceptors (Lipinski definition) is 2. The zero-order chi connectivity index (χ0) is 19.1. The van der Waals surface area contributed by atoms with Gasteiger partial charge in [0.25, 0.3) is 6.43 Å². The zero-order valence-corrected chi connectivity index (χ0v) is 15.0. The summed E-state index contributed by atoms with van der Waals surface area (Å²) < 4.78 is 31.8. The molecule has 0 saturated carbocycles. The Hall–Kier alpha value is -2.92. The highest BCUT2D eigenvalue weighted by molar-refractivity contribution is 6.37. The molecule has 1 aromatic heterocycles. The van der Waals surface area contributed by atoms with Gasteiger partial charge in [-0.2, -0.15) is 0 Å². The Bertz CT molecular complexity index is 1230. The molecule has 0 aliphatic rings. The summed E-state index contributed by atoms with van der Waals surface area (Å²) in [5.74, 6) is 0.897. The molecule has 0 aliphatic heterocycles. The summed E-state index contributed by atoms with van der Waals surface area (Å²) in [7, 11) is 0. The van der Waals surface area contributed by atoms with E-state index in [4.69, 9.17) is 16.3 Å². The highest BCUT2D eigenvalue weighted by Crippen LogP contribution is 2.37. The second-order valence-electron chi connectivity index (χ2n) is 6.25. The molecule has 4 aromatic rings. The number of aromatic amines is 1. The number of nitrogens with one attached hydrogen (secondary N) is 1. The Kier molecular flexibility index (Phi) is 4.32. The molecule has 27 heavy (non-hydrogen) atoms. The van der Waals surface area contributed by atoms with Gasteiger partial charge >= 0.3 is 0 Å². The maximum atomic E-state index is 12.9. The molecule has 0 unspecified atom stereocenters. The topological polar surface area (TPSA) is 42.1 Å². The van der Waals surface area contributed by atoms with E-state index < -0.39 is 17.5 Å². The van der Waals surface area contributed by atoms with Crippen molar-refractivity contribution < 1.29 is 13.5 Å². The van der Waals surface area contributed by atoms with E-state index in [1.54, 1.807) is 25.1 Å². The van der Waals surface area contributed by atoms with Crippen molar-refractivity contribution in [2.45, 2.75) is 13.3 Å². The van der Waals surface area contributed by atoms with Gasteiger partial charge in [0.2, 0.25) is 0 Å². The average molecular weight is 386 g/mol. The van der Waals surface area contributed by atoms with E-state index in [9.17, 15) is 13.6 Å². The number of aromatic nitrogens is 1. The summed E-state index contributed by atoms with van der Waals surface area (Å²) in [6.45, 7) is 1.77. The third-order valence-electron chi connectivity index (χ3n) is 4.43. The number of fused-ring (bicyclic) bond motifs is 2. The van der Waals surface area contributed by atoms with Crippen LogP contribution in [0.5, 0.6) is 11.5 Å². The highest BCUT2D eigenvalue weighted by Gasteiger charge is 2.14. The summed E-state index contributed by atoms with van der Waals surface area (Å²) in [6.07, 6.45) is -2.74. The van der Waals surface area contributed by atoms with Gasteiger partial charge < -0.3 is 9.72 Å². The molecule has 0 amide bonds. The third-order valence-corrected chi connectivity index (χ3v) is 4.82. The number of ether oxygens (including phenoxy) is 1. The second-order valence-corrected chi connectivity index (χ2v) is 6.63. The van der Waals surface area contributed by atoms with Crippen LogP contribution in [0.4, 0.5) is 8.78 Å². The van der Waals surface area contributed by atoms with Crippen LogP contribution in [0.25, 0.3) is 21.7 Å². The van der Waals surface area contributed by atoms with Crippen LogP contribution >= 0.6 is 11.6 Å². The van der Waals surface area contributed by atoms with Gasteiger partial charge in [-0.1, -0.05) is 41.9 Å². The van der Waals surface area contributed by atoms with Gasteiger partial charge in [-0.05, 0) is 36.1 Å². The molecule has 0 fully saturated rings. The number of alkyl halides is 2. The van der Waals surface area contributed by atoms with Crippen LogP contribution < -0.4 is 10.2 Å². The van der Waals surface area contributed by atoms with Crippen LogP contribution in [-0.4, -0.2) is 4.98 Å². The van der Waals surface area contributed by atoms with Crippen molar-refractivity contribution in [3.05, 3.63) is 81.1 Å². The predicted octanol–water partition coefficient (Wildman–Crippen LogP) is 6.37. The van der Waals surface area contributed by atoms with Gasteiger partial charge in [-0.15, -0.1) is 0 Å². The minimum absolute atomic E-state index is 0.275. The quantitative estimate of drug-likeness (QED) is 0.445. The molecular weight excluding hydrogens is 372 g/mol. The standard InChI is InChI=1S/C21H14ClF2NO2/c1-11-8-15-14(17(26)10-16(25-15)21(23)24)9-19(11)27-18-7-6-12-4-2-3-5-13(12)20(18)22/h2-10,21H,1H3,(H,25,26). The SMILES string of the molecule is Cc1cc2[nH]c(C(F)F)cc(=O)c2cc1Oc1ccc2ccccc2c1Cl. The number of H-pyrrole nitrogens is 1. The molecule has 3 aromatic carbocycles. The second kappa shape index (κ2) is 6.67. The van der Waals surface area contributed by atoms with E-state index in [-0.39, 0.29) is 5.39 Å². The fourth-order valence-electron chi connectivity index (χ4n) is 3.04. The Morgan fingerprint density at radius 3 is 2.56 bits per heavy atom. The van der Waals surface area contributed by atoms with Gasteiger partial charge in [0.05, 0.1) is 16.2 Å². The molecule has 3 nitrogen and oxygen atoms in total. The first-order valence-electron chi connectivity index (χ1n) is 8.25. The smallest absolute Gasteiger partial charge is 0.278 e. The average Bonchev–Trinajstić information content (AvgIpc) is 2.65. The minimum atomic E-state index is -2.74. The molecule has 136 valence electrons. The number of aryl methyl sites for hydroxylation is 1. The summed E-state index contributed by atoms with van der Waals surface area (Å²) in [4.78, 5) is 14.8. The lowest BCUT2D eigenvalue weighted by Gasteiger charge is -2.13. The lowest BCUT2D eigenvalue weighted by molar-refractivity contribution is 0.146. The van der Waals surface area contributed by atoms with Crippen LogP contribution in [0.1, 0.15) is 17.7 Å². The molecule has 0 atom stereocenters. The van der Waals surface area contributed by atoms with Gasteiger partial charge in [0, 0.05) is 16.8 Å². The van der Waals surface area contributed by atoms with Crippen LogP contribution in [-0.2, 0) is 0 Å². The number of halogens is 3. The fraction of sp³-hybridized carbons (Fsp3) is 0.0952. The molecule has 6 heteroatoms. The van der Waals surface area contributed by atoms with Crippen molar-refractivity contribution in [2.75, 3.05) is 0 Å². The van der Waals surface area contributed by atoms with Gasteiger partial charge in [-0.25, -0.2) is 8.78 Å². The normalized spacial score (nSPS) is 11.4. The Labute approximate surface area is 158 Å². The molecule has 0 spiro atoms. The van der Waals surface area contributed by atoms with Crippen LogP contribution in [0.15, 0.2) is 59.4 Å². The lowest BCUT2D eigenvalue weighted by atomic mass is 10.1.